The summed E-state index contributed by atoms with van der Waals surface area (Å²) in [5.41, 5.74) is 0.512. The van der Waals surface area contributed by atoms with Gasteiger partial charge in [-0.05, 0) is 57.8 Å². The summed E-state index contributed by atoms with van der Waals surface area (Å²) in [4.78, 5) is 2.18. The Morgan fingerprint density at radius 3 is 2.41 bits per heavy atom. The quantitative estimate of drug-likeness (QED) is 0.816. The second-order valence-electron chi connectivity index (χ2n) is 5.47. The van der Waals surface area contributed by atoms with E-state index in [1.54, 1.807) is 0 Å². The molecule has 1 saturated carbocycles. The van der Waals surface area contributed by atoms with E-state index in [1.165, 1.54) is 12.8 Å². The molecule has 0 spiro atoms. The molecule has 2 rings (SSSR count). The Labute approximate surface area is 104 Å². The highest BCUT2D eigenvalue weighted by molar-refractivity contribution is 5.24. The van der Waals surface area contributed by atoms with Crippen molar-refractivity contribution in [1.29, 1.82) is 0 Å². The van der Waals surface area contributed by atoms with Gasteiger partial charge in [-0.3, -0.25) is 0 Å². The maximum absolute atomic E-state index is 10.9. The van der Waals surface area contributed by atoms with Crippen LogP contribution in [0.5, 0.6) is 0 Å². The lowest BCUT2D eigenvalue weighted by molar-refractivity contribution is 0.000817. The largest absolute Gasteiger partial charge is 0.385 e. The Kier molecular flexibility index (Phi) is 3.85. The van der Waals surface area contributed by atoms with Crippen LogP contribution in [0.4, 0.5) is 0 Å². The van der Waals surface area contributed by atoms with Gasteiger partial charge in [0.1, 0.15) is 0 Å². The number of aliphatic hydroxyl groups is 1. The van der Waals surface area contributed by atoms with E-state index in [-0.39, 0.29) is 0 Å². The van der Waals surface area contributed by atoms with E-state index in [0.717, 1.165) is 24.9 Å². The highest BCUT2D eigenvalue weighted by Crippen LogP contribution is 2.48. The van der Waals surface area contributed by atoms with Crippen LogP contribution < -0.4 is 0 Å². The van der Waals surface area contributed by atoms with Crippen LogP contribution in [-0.2, 0) is 5.60 Å². The van der Waals surface area contributed by atoms with Crippen molar-refractivity contribution < 1.29 is 5.11 Å². The molecule has 0 saturated heterocycles. The molecular formula is C15H23NO. The number of rotatable bonds is 6. The molecule has 2 nitrogen and oxygen atoms in total. The SMILES string of the molecule is CN(C)CCC[C@@](O)(c1ccccc1)C1CC1. The smallest absolute Gasteiger partial charge is 0.0925 e. The van der Waals surface area contributed by atoms with Crippen LogP contribution in [0.25, 0.3) is 0 Å². The molecule has 1 atom stereocenters. The third kappa shape index (κ3) is 3.08. The van der Waals surface area contributed by atoms with E-state index in [9.17, 15) is 5.11 Å². The predicted octanol–water partition coefficient (Wildman–Crippen LogP) is 2.63. The van der Waals surface area contributed by atoms with Crippen LogP contribution in [0.2, 0.25) is 0 Å². The lowest BCUT2D eigenvalue weighted by Crippen LogP contribution is -2.29. The van der Waals surface area contributed by atoms with Crippen LogP contribution in [0.15, 0.2) is 30.3 Å². The van der Waals surface area contributed by atoms with E-state index in [0.29, 0.717) is 5.92 Å². The molecule has 1 aromatic carbocycles. The zero-order valence-corrected chi connectivity index (χ0v) is 10.9. The Morgan fingerprint density at radius 2 is 1.88 bits per heavy atom. The molecule has 1 fully saturated rings. The molecule has 0 aliphatic heterocycles. The van der Waals surface area contributed by atoms with Gasteiger partial charge in [0.25, 0.3) is 0 Å². The number of hydrogen-bond acceptors (Lipinski definition) is 2. The summed E-state index contributed by atoms with van der Waals surface area (Å²) >= 11 is 0. The molecule has 0 unspecified atom stereocenters. The molecule has 1 aliphatic carbocycles. The van der Waals surface area contributed by atoms with Crippen LogP contribution in [0, 0.1) is 5.92 Å². The molecule has 0 amide bonds. The lowest BCUT2D eigenvalue weighted by atomic mass is 9.84. The average Bonchev–Trinajstić information content (AvgIpc) is 3.13. The van der Waals surface area contributed by atoms with E-state index >= 15 is 0 Å². The average molecular weight is 233 g/mol. The fourth-order valence-electron chi connectivity index (χ4n) is 2.54. The molecule has 2 heteroatoms. The Morgan fingerprint density at radius 1 is 1.24 bits per heavy atom. The van der Waals surface area contributed by atoms with Crippen LogP contribution in [-0.4, -0.2) is 30.6 Å². The topological polar surface area (TPSA) is 23.5 Å². The minimum atomic E-state index is -0.586. The van der Waals surface area contributed by atoms with E-state index in [4.69, 9.17) is 0 Å². The van der Waals surface area contributed by atoms with Crippen molar-refractivity contribution in [3.8, 4) is 0 Å². The van der Waals surface area contributed by atoms with Crippen LogP contribution >= 0.6 is 0 Å². The summed E-state index contributed by atoms with van der Waals surface area (Å²) in [5.74, 6) is 0.479. The van der Waals surface area contributed by atoms with Crippen LogP contribution in [0.1, 0.15) is 31.2 Å². The lowest BCUT2D eigenvalue weighted by Gasteiger charge is -2.29. The number of nitrogens with zero attached hydrogens (tertiary/aromatic N) is 1. The Bertz CT molecular complexity index is 345. The Balaban J connectivity index is 2.05. The molecular weight excluding hydrogens is 210 g/mol. The van der Waals surface area contributed by atoms with Crippen molar-refractivity contribution in [3.63, 3.8) is 0 Å². The van der Waals surface area contributed by atoms with Gasteiger partial charge in [0.2, 0.25) is 0 Å². The summed E-state index contributed by atoms with van der Waals surface area (Å²) < 4.78 is 0. The minimum absolute atomic E-state index is 0.479. The fraction of sp³-hybridized carbons (Fsp3) is 0.600. The predicted molar refractivity (Wildman–Crippen MR) is 70.9 cm³/mol. The van der Waals surface area contributed by atoms with Gasteiger partial charge < -0.3 is 10.0 Å². The van der Waals surface area contributed by atoms with Gasteiger partial charge in [0, 0.05) is 0 Å². The number of hydrogen-bond donors (Lipinski definition) is 1. The van der Waals surface area contributed by atoms with Crippen molar-refractivity contribution in [2.24, 2.45) is 5.92 Å². The summed E-state index contributed by atoms with van der Waals surface area (Å²) in [6.45, 7) is 1.04. The fourth-order valence-corrected chi connectivity index (χ4v) is 2.54. The monoisotopic (exact) mass is 233 g/mol. The van der Waals surface area contributed by atoms with Gasteiger partial charge in [-0.25, -0.2) is 0 Å². The molecule has 0 heterocycles. The minimum Gasteiger partial charge on any atom is -0.385 e. The van der Waals surface area contributed by atoms with Crippen molar-refractivity contribution >= 4 is 0 Å². The number of benzene rings is 1. The van der Waals surface area contributed by atoms with Gasteiger partial charge in [-0.2, -0.15) is 0 Å². The summed E-state index contributed by atoms with van der Waals surface area (Å²) in [6.07, 6.45) is 4.27. The third-order valence-electron chi connectivity index (χ3n) is 3.69. The summed E-state index contributed by atoms with van der Waals surface area (Å²) in [7, 11) is 4.16. The first-order chi connectivity index (χ1) is 8.13. The van der Waals surface area contributed by atoms with Gasteiger partial charge in [0.05, 0.1) is 5.60 Å². The van der Waals surface area contributed by atoms with E-state index in [1.807, 2.05) is 18.2 Å². The first-order valence-electron chi connectivity index (χ1n) is 6.55. The highest BCUT2D eigenvalue weighted by atomic mass is 16.3. The van der Waals surface area contributed by atoms with E-state index in [2.05, 4.69) is 31.1 Å². The van der Waals surface area contributed by atoms with Crippen molar-refractivity contribution in [2.75, 3.05) is 20.6 Å². The molecule has 1 aliphatic rings. The van der Waals surface area contributed by atoms with Gasteiger partial charge in [-0.1, -0.05) is 30.3 Å². The molecule has 0 bridgehead atoms. The standard InChI is InChI=1S/C15H23NO/c1-16(2)12-6-11-15(17,14-9-10-14)13-7-4-3-5-8-13/h3-5,7-8,14,17H,6,9-12H2,1-2H3/t15-/m1/s1. The first-order valence-corrected chi connectivity index (χ1v) is 6.55. The zero-order valence-electron chi connectivity index (χ0n) is 10.9. The Hall–Kier alpha value is -0.860. The molecule has 0 aromatic heterocycles. The van der Waals surface area contributed by atoms with E-state index < -0.39 is 5.60 Å². The van der Waals surface area contributed by atoms with Crippen LogP contribution in [0.3, 0.4) is 0 Å². The van der Waals surface area contributed by atoms with Gasteiger partial charge in [-0.15, -0.1) is 0 Å². The second-order valence-corrected chi connectivity index (χ2v) is 5.47. The van der Waals surface area contributed by atoms with Crippen molar-refractivity contribution in [3.05, 3.63) is 35.9 Å². The van der Waals surface area contributed by atoms with Crippen molar-refractivity contribution in [1.82, 2.24) is 4.90 Å². The van der Waals surface area contributed by atoms with Gasteiger partial charge in [0.15, 0.2) is 0 Å². The summed E-state index contributed by atoms with van der Waals surface area (Å²) in [6, 6.07) is 10.2. The third-order valence-corrected chi connectivity index (χ3v) is 3.69. The maximum Gasteiger partial charge on any atom is 0.0925 e. The summed E-state index contributed by atoms with van der Waals surface area (Å²) in [5, 5.41) is 10.9. The molecule has 1 N–H and O–H groups in total. The highest BCUT2D eigenvalue weighted by Gasteiger charge is 2.44. The second kappa shape index (κ2) is 5.19. The first kappa shape index (κ1) is 12.6. The zero-order chi connectivity index (χ0) is 12.3. The molecule has 17 heavy (non-hydrogen) atoms. The van der Waals surface area contributed by atoms with Gasteiger partial charge >= 0.3 is 0 Å². The van der Waals surface area contributed by atoms with Crippen molar-refractivity contribution in [2.45, 2.75) is 31.3 Å². The molecule has 1 aromatic rings. The molecule has 94 valence electrons. The maximum atomic E-state index is 10.9. The molecule has 0 radical (unpaired) electrons. The normalized spacial score (nSPS) is 19.3.